The molecule has 2 aromatic carbocycles. The maximum Gasteiger partial charge on any atom is 0.268 e. The minimum absolute atomic E-state index is 0.0608. The minimum atomic E-state index is -0.550. The molecule has 3 aromatic rings. The first kappa shape index (κ1) is 26.7. The Kier molecular flexibility index (Phi) is 9.42. The minimum Gasteiger partial charge on any atom is -0.490 e. The van der Waals surface area contributed by atoms with Crippen LogP contribution < -0.4 is 19.5 Å². The highest BCUT2D eigenvalue weighted by atomic mass is 32.1. The van der Waals surface area contributed by atoms with Gasteiger partial charge in [0.2, 0.25) is 5.13 Å². The van der Waals surface area contributed by atoms with Gasteiger partial charge in [0.1, 0.15) is 35.6 Å². The van der Waals surface area contributed by atoms with E-state index >= 15 is 0 Å². The van der Waals surface area contributed by atoms with E-state index in [-0.39, 0.29) is 11.5 Å². The summed E-state index contributed by atoms with van der Waals surface area (Å²) < 4.78 is 17.5. The Morgan fingerprint density at radius 2 is 1.81 bits per heavy atom. The van der Waals surface area contributed by atoms with Crippen LogP contribution in [0, 0.1) is 25.2 Å². The highest BCUT2D eigenvalue weighted by molar-refractivity contribution is 7.15. The van der Waals surface area contributed by atoms with Crippen LogP contribution in [0.1, 0.15) is 48.4 Å². The average Bonchev–Trinajstić information content (AvgIpc) is 3.32. The van der Waals surface area contributed by atoms with Gasteiger partial charge in [0.05, 0.1) is 6.61 Å². The number of nitrogens with zero attached hydrogens (tertiary/aromatic N) is 3. The highest BCUT2D eigenvalue weighted by Gasteiger charge is 2.15. The molecule has 0 unspecified atom stereocenters. The van der Waals surface area contributed by atoms with Crippen molar-refractivity contribution in [1.82, 2.24) is 10.2 Å². The smallest absolute Gasteiger partial charge is 0.268 e. The number of nitriles is 1. The van der Waals surface area contributed by atoms with Crippen molar-refractivity contribution in [3.8, 4) is 23.3 Å². The first-order valence-corrected chi connectivity index (χ1v) is 12.5. The molecule has 0 fully saturated rings. The van der Waals surface area contributed by atoms with E-state index in [2.05, 4.69) is 15.5 Å². The SMILES string of the molecule is CCOc1cc(/C=C(/C#N)C(=O)Nc2nnc(C(C)C)s2)ccc1OCCOc1cc(C)ccc1C. The van der Waals surface area contributed by atoms with Crippen molar-refractivity contribution in [2.45, 2.75) is 40.5 Å². The molecule has 0 aliphatic rings. The van der Waals surface area contributed by atoms with Crippen LogP contribution in [0.5, 0.6) is 17.2 Å². The molecule has 9 heteroatoms. The fourth-order valence-electron chi connectivity index (χ4n) is 3.17. The second-order valence-corrected chi connectivity index (χ2v) is 9.34. The molecule has 1 amide bonds. The first-order valence-electron chi connectivity index (χ1n) is 11.7. The summed E-state index contributed by atoms with van der Waals surface area (Å²) in [5.41, 5.74) is 2.77. The number of carbonyl (C=O) groups is 1. The van der Waals surface area contributed by atoms with Gasteiger partial charge in [0.15, 0.2) is 11.5 Å². The predicted molar refractivity (Wildman–Crippen MR) is 141 cm³/mol. The zero-order chi connectivity index (χ0) is 26.1. The third kappa shape index (κ3) is 7.30. The number of hydrogen-bond donors (Lipinski definition) is 1. The molecule has 0 spiro atoms. The number of carbonyl (C=O) groups excluding carboxylic acids is 1. The summed E-state index contributed by atoms with van der Waals surface area (Å²) in [7, 11) is 0. The molecule has 3 rings (SSSR count). The van der Waals surface area contributed by atoms with Gasteiger partial charge >= 0.3 is 0 Å². The lowest BCUT2D eigenvalue weighted by molar-refractivity contribution is -0.112. The first-order chi connectivity index (χ1) is 17.3. The standard InChI is InChI=1S/C27H30N4O4S/c1-6-33-24-15-20(14-21(16-28)25(32)29-27-31-30-26(36-27)17(2)3)9-10-22(24)34-11-12-35-23-13-18(4)7-8-19(23)5/h7-10,13-15,17H,6,11-12H2,1-5H3,(H,29,31,32)/b21-14-. The molecule has 1 heterocycles. The number of nitrogens with one attached hydrogen (secondary N) is 1. The van der Waals surface area contributed by atoms with Crippen molar-refractivity contribution in [3.63, 3.8) is 0 Å². The van der Waals surface area contributed by atoms with Crippen molar-refractivity contribution in [2.75, 3.05) is 25.1 Å². The van der Waals surface area contributed by atoms with Crippen molar-refractivity contribution in [2.24, 2.45) is 0 Å². The third-order valence-corrected chi connectivity index (χ3v) is 6.18. The summed E-state index contributed by atoms with van der Waals surface area (Å²) in [4.78, 5) is 12.6. The lowest BCUT2D eigenvalue weighted by Crippen LogP contribution is -2.13. The van der Waals surface area contributed by atoms with Gasteiger partial charge < -0.3 is 14.2 Å². The zero-order valence-electron chi connectivity index (χ0n) is 21.1. The van der Waals surface area contributed by atoms with Gasteiger partial charge in [-0.2, -0.15) is 5.26 Å². The molecule has 0 aliphatic carbocycles. The van der Waals surface area contributed by atoms with E-state index in [0.29, 0.717) is 42.0 Å². The molecule has 0 radical (unpaired) electrons. The van der Waals surface area contributed by atoms with Gasteiger partial charge in [-0.15, -0.1) is 10.2 Å². The normalized spacial score (nSPS) is 11.2. The largest absolute Gasteiger partial charge is 0.490 e. The Balaban J connectivity index is 1.66. The van der Waals surface area contributed by atoms with Gasteiger partial charge in [0.25, 0.3) is 5.91 Å². The molecule has 1 aromatic heterocycles. The number of aromatic nitrogens is 2. The van der Waals surface area contributed by atoms with Crippen molar-refractivity contribution in [1.29, 1.82) is 5.26 Å². The number of aryl methyl sites for hydroxylation is 2. The van der Waals surface area contributed by atoms with Crippen LogP contribution in [0.4, 0.5) is 5.13 Å². The van der Waals surface area contributed by atoms with Crippen LogP contribution in [0.25, 0.3) is 6.08 Å². The summed E-state index contributed by atoms with van der Waals surface area (Å²) in [5.74, 6) is 1.55. The Morgan fingerprint density at radius 3 is 2.47 bits per heavy atom. The van der Waals surface area contributed by atoms with E-state index in [1.54, 1.807) is 18.2 Å². The molecule has 8 nitrogen and oxygen atoms in total. The lowest BCUT2D eigenvalue weighted by atomic mass is 10.1. The maximum absolute atomic E-state index is 12.6. The van der Waals surface area contributed by atoms with Crippen LogP contribution in [0.15, 0.2) is 42.0 Å². The molecular formula is C27H30N4O4S. The van der Waals surface area contributed by atoms with E-state index in [4.69, 9.17) is 14.2 Å². The molecule has 1 N–H and O–H groups in total. The van der Waals surface area contributed by atoms with Gasteiger partial charge in [-0.25, -0.2) is 0 Å². The van der Waals surface area contributed by atoms with Gasteiger partial charge in [-0.3, -0.25) is 10.1 Å². The fraction of sp³-hybridized carbons (Fsp3) is 0.333. The number of rotatable bonds is 11. The highest BCUT2D eigenvalue weighted by Crippen LogP contribution is 2.30. The van der Waals surface area contributed by atoms with Crippen LogP contribution in [0.2, 0.25) is 0 Å². The Hall–Kier alpha value is -3.90. The number of ether oxygens (including phenoxy) is 3. The Labute approximate surface area is 215 Å². The molecule has 0 saturated carbocycles. The zero-order valence-corrected chi connectivity index (χ0v) is 21.9. The van der Waals surface area contributed by atoms with E-state index in [9.17, 15) is 10.1 Å². The summed E-state index contributed by atoms with van der Waals surface area (Å²) in [6, 6.07) is 13.3. The van der Waals surface area contributed by atoms with E-state index in [1.807, 2.05) is 58.9 Å². The molecule has 0 bridgehead atoms. The van der Waals surface area contributed by atoms with Crippen molar-refractivity contribution in [3.05, 3.63) is 63.7 Å². The lowest BCUT2D eigenvalue weighted by Gasteiger charge is -2.14. The van der Waals surface area contributed by atoms with Crippen molar-refractivity contribution < 1.29 is 19.0 Å². The molecule has 0 aliphatic heterocycles. The molecular weight excluding hydrogens is 476 g/mol. The Bertz CT molecular complexity index is 1280. The quantitative estimate of drug-likeness (QED) is 0.203. The second kappa shape index (κ2) is 12.7. The fourth-order valence-corrected chi connectivity index (χ4v) is 3.91. The third-order valence-electron chi connectivity index (χ3n) is 5.04. The van der Waals surface area contributed by atoms with Gasteiger partial charge in [-0.05, 0) is 61.7 Å². The van der Waals surface area contributed by atoms with E-state index in [1.165, 1.54) is 17.4 Å². The molecule has 0 saturated heterocycles. The van der Waals surface area contributed by atoms with Crippen LogP contribution in [-0.2, 0) is 4.79 Å². The van der Waals surface area contributed by atoms with Crippen molar-refractivity contribution >= 4 is 28.5 Å². The van der Waals surface area contributed by atoms with E-state index in [0.717, 1.165) is 21.9 Å². The summed E-state index contributed by atoms with van der Waals surface area (Å²) >= 11 is 1.29. The average molecular weight is 507 g/mol. The second-order valence-electron chi connectivity index (χ2n) is 8.33. The summed E-state index contributed by atoms with van der Waals surface area (Å²) in [5, 5.41) is 21.4. The number of benzene rings is 2. The number of anilines is 1. The van der Waals surface area contributed by atoms with Gasteiger partial charge in [0, 0.05) is 5.92 Å². The number of amides is 1. The summed E-state index contributed by atoms with van der Waals surface area (Å²) in [6.07, 6.45) is 1.50. The van der Waals surface area contributed by atoms with Crippen LogP contribution in [-0.4, -0.2) is 35.9 Å². The monoisotopic (exact) mass is 506 g/mol. The topological polar surface area (TPSA) is 106 Å². The van der Waals surface area contributed by atoms with Crippen LogP contribution in [0.3, 0.4) is 0 Å². The molecule has 188 valence electrons. The molecule has 36 heavy (non-hydrogen) atoms. The Morgan fingerprint density at radius 1 is 1.06 bits per heavy atom. The molecule has 0 atom stereocenters. The van der Waals surface area contributed by atoms with Gasteiger partial charge in [-0.1, -0.05) is 43.4 Å². The summed E-state index contributed by atoms with van der Waals surface area (Å²) in [6.45, 7) is 11.0. The number of hydrogen-bond acceptors (Lipinski definition) is 8. The van der Waals surface area contributed by atoms with Crippen LogP contribution >= 0.6 is 11.3 Å². The predicted octanol–water partition coefficient (Wildman–Crippen LogP) is 5.68. The van der Waals surface area contributed by atoms with E-state index < -0.39 is 5.91 Å². The maximum atomic E-state index is 12.6.